The van der Waals surface area contributed by atoms with Gasteiger partial charge in [-0.2, -0.15) is 0 Å². The van der Waals surface area contributed by atoms with Crippen LogP contribution in [0.15, 0.2) is 65.7 Å². The highest BCUT2D eigenvalue weighted by Crippen LogP contribution is 2.26. The number of hydrogen-bond donors (Lipinski definition) is 1. The zero-order valence-electron chi connectivity index (χ0n) is 14.9. The van der Waals surface area contributed by atoms with Gasteiger partial charge < -0.3 is 4.74 Å². The Balaban J connectivity index is 1.93. The number of ether oxygens (including phenoxy) is 1. The van der Waals surface area contributed by atoms with Gasteiger partial charge in [0, 0.05) is 11.3 Å². The minimum absolute atomic E-state index is 0.230. The third-order valence-electron chi connectivity index (χ3n) is 3.93. The molecule has 2 aromatic carbocycles. The standard InChI is InChI=1S/C20H20N2O3S/c1-14-4-7-19(8-5-14)26(23,24)22-17-11-15(2)10-16(12-17)20-9-6-18(25-3)13-21-20/h4-13,22H,1-3H3. The molecule has 0 atom stereocenters. The molecule has 0 saturated heterocycles. The molecule has 0 amide bonds. The molecule has 0 bridgehead atoms. The van der Waals surface area contributed by atoms with E-state index >= 15 is 0 Å². The lowest BCUT2D eigenvalue weighted by Gasteiger charge is -2.11. The Kier molecular flexibility index (Phi) is 4.95. The molecule has 0 aliphatic carbocycles. The molecule has 0 aliphatic heterocycles. The van der Waals surface area contributed by atoms with E-state index in [1.807, 2.05) is 32.0 Å². The van der Waals surface area contributed by atoms with E-state index in [0.717, 1.165) is 22.4 Å². The number of anilines is 1. The van der Waals surface area contributed by atoms with Crippen molar-refractivity contribution < 1.29 is 13.2 Å². The first-order valence-corrected chi connectivity index (χ1v) is 9.57. The molecular formula is C20H20N2O3S. The number of hydrogen-bond acceptors (Lipinski definition) is 4. The van der Waals surface area contributed by atoms with Crippen LogP contribution < -0.4 is 9.46 Å². The predicted molar refractivity (Wildman–Crippen MR) is 103 cm³/mol. The quantitative estimate of drug-likeness (QED) is 0.734. The summed E-state index contributed by atoms with van der Waals surface area (Å²) in [7, 11) is -2.06. The van der Waals surface area contributed by atoms with E-state index in [9.17, 15) is 8.42 Å². The molecule has 1 N–H and O–H groups in total. The number of sulfonamides is 1. The number of pyridine rings is 1. The molecule has 3 rings (SSSR count). The zero-order valence-corrected chi connectivity index (χ0v) is 15.7. The van der Waals surface area contributed by atoms with E-state index in [1.54, 1.807) is 49.7 Å². The first-order chi connectivity index (χ1) is 12.4. The van der Waals surface area contributed by atoms with Crippen LogP contribution in [0.25, 0.3) is 11.3 Å². The highest BCUT2D eigenvalue weighted by molar-refractivity contribution is 7.92. The summed E-state index contributed by atoms with van der Waals surface area (Å²) in [4.78, 5) is 4.59. The second kappa shape index (κ2) is 7.17. The summed E-state index contributed by atoms with van der Waals surface area (Å²) in [6.45, 7) is 3.83. The summed E-state index contributed by atoms with van der Waals surface area (Å²) in [6, 6.07) is 15.9. The van der Waals surface area contributed by atoms with Crippen LogP contribution in [-0.4, -0.2) is 20.5 Å². The number of nitrogens with one attached hydrogen (secondary N) is 1. The van der Waals surface area contributed by atoms with Gasteiger partial charge in [0.2, 0.25) is 0 Å². The lowest BCUT2D eigenvalue weighted by Crippen LogP contribution is -2.13. The van der Waals surface area contributed by atoms with Gasteiger partial charge in [0.1, 0.15) is 5.75 Å². The third kappa shape index (κ3) is 4.03. The monoisotopic (exact) mass is 368 g/mol. The van der Waals surface area contributed by atoms with Crippen LogP contribution >= 0.6 is 0 Å². The minimum Gasteiger partial charge on any atom is -0.495 e. The van der Waals surface area contributed by atoms with Crippen molar-refractivity contribution in [1.82, 2.24) is 4.98 Å². The molecule has 0 aliphatic rings. The normalized spacial score (nSPS) is 11.2. The molecule has 1 heterocycles. The molecular weight excluding hydrogens is 348 g/mol. The van der Waals surface area contributed by atoms with E-state index in [0.29, 0.717) is 11.4 Å². The van der Waals surface area contributed by atoms with Crippen molar-refractivity contribution in [3.8, 4) is 17.0 Å². The number of nitrogens with zero attached hydrogens (tertiary/aromatic N) is 1. The average Bonchev–Trinajstić information content (AvgIpc) is 2.61. The molecule has 0 radical (unpaired) electrons. The van der Waals surface area contributed by atoms with Crippen LogP contribution in [0, 0.1) is 13.8 Å². The summed E-state index contributed by atoms with van der Waals surface area (Å²) in [5.41, 5.74) is 4.01. The topological polar surface area (TPSA) is 68.3 Å². The Bertz CT molecular complexity index is 1010. The summed E-state index contributed by atoms with van der Waals surface area (Å²) in [6.07, 6.45) is 1.63. The molecule has 5 nitrogen and oxygen atoms in total. The predicted octanol–water partition coefficient (Wildman–Crippen LogP) is 4.17. The second-order valence-corrected chi connectivity index (χ2v) is 7.77. The first kappa shape index (κ1) is 17.9. The molecule has 0 spiro atoms. The number of benzene rings is 2. The molecule has 3 aromatic rings. The Morgan fingerprint density at radius 2 is 1.65 bits per heavy atom. The maximum atomic E-state index is 12.6. The third-order valence-corrected chi connectivity index (χ3v) is 5.33. The van der Waals surface area contributed by atoms with E-state index < -0.39 is 10.0 Å². The Morgan fingerprint density at radius 3 is 2.27 bits per heavy atom. The molecule has 0 fully saturated rings. The van der Waals surface area contributed by atoms with Crippen molar-refractivity contribution in [3.63, 3.8) is 0 Å². The Labute approximate surface area is 153 Å². The molecule has 26 heavy (non-hydrogen) atoms. The van der Waals surface area contributed by atoms with E-state index in [2.05, 4.69) is 9.71 Å². The fourth-order valence-electron chi connectivity index (χ4n) is 2.59. The van der Waals surface area contributed by atoms with Crippen molar-refractivity contribution in [2.24, 2.45) is 0 Å². The van der Waals surface area contributed by atoms with Crippen LogP contribution in [-0.2, 0) is 10.0 Å². The summed E-state index contributed by atoms with van der Waals surface area (Å²) in [5.74, 6) is 0.668. The van der Waals surface area contributed by atoms with Crippen LogP contribution in [0.1, 0.15) is 11.1 Å². The molecule has 1 aromatic heterocycles. The maximum Gasteiger partial charge on any atom is 0.261 e. The van der Waals surface area contributed by atoms with E-state index in [-0.39, 0.29) is 4.90 Å². The van der Waals surface area contributed by atoms with Gasteiger partial charge >= 0.3 is 0 Å². The Morgan fingerprint density at radius 1 is 0.923 bits per heavy atom. The fraction of sp³-hybridized carbons (Fsp3) is 0.150. The number of rotatable bonds is 5. The van der Waals surface area contributed by atoms with Crippen molar-refractivity contribution in [2.45, 2.75) is 18.7 Å². The molecule has 134 valence electrons. The SMILES string of the molecule is COc1ccc(-c2cc(C)cc(NS(=O)(=O)c3ccc(C)cc3)c2)nc1. The van der Waals surface area contributed by atoms with E-state index in [4.69, 9.17) is 4.74 Å². The fourth-order valence-corrected chi connectivity index (χ4v) is 3.63. The Hall–Kier alpha value is -2.86. The lowest BCUT2D eigenvalue weighted by molar-refractivity contribution is 0.413. The number of aromatic nitrogens is 1. The summed E-state index contributed by atoms with van der Waals surface area (Å²) >= 11 is 0. The lowest BCUT2D eigenvalue weighted by atomic mass is 10.1. The largest absolute Gasteiger partial charge is 0.495 e. The van der Waals surface area contributed by atoms with E-state index in [1.165, 1.54) is 0 Å². The van der Waals surface area contributed by atoms with Gasteiger partial charge in [-0.1, -0.05) is 17.7 Å². The van der Waals surface area contributed by atoms with Gasteiger partial charge in [-0.15, -0.1) is 0 Å². The van der Waals surface area contributed by atoms with Gasteiger partial charge in [0.05, 0.1) is 23.9 Å². The summed E-state index contributed by atoms with van der Waals surface area (Å²) in [5, 5.41) is 0. The van der Waals surface area contributed by atoms with Crippen LogP contribution in [0.5, 0.6) is 5.75 Å². The van der Waals surface area contributed by atoms with Gasteiger partial charge in [-0.05, 0) is 61.9 Å². The molecule has 0 unspecified atom stereocenters. The number of aryl methyl sites for hydroxylation is 2. The molecule has 0 saturated carbocycles. The van der Waals surface area contributed by atoms with Crippen LogP contribution in [0.3, 0.4) is 0 Å². The van der Waals surface area contributed by atoms with Gasteiger partial charge in [-0.3, -0.25) is 9.71 Å². The second-order valence-electron chi connectivity index (χ2n) is 6.09. The van der Waals surface area contributed by atoms with Gasteiger partial charge in [0.15, 0.2) is 0 Å². The first-order valence-electron chi connectivity index (χ1n) is 8.09. The minimum atomic E-state index is -3.65. The van der Waals surface area contributed by atoms with Crippen molar-refractivity contribution in [1.29, 1.82) is 0 Å². The smallest absolute Gasteiger partial charge is 0.261 e. The highest BCUT2D eigenvalue weighted by Gasteiger charge is 2.15. The number of methoxy groups -OCH3 is 1. The van der Waals surface area contributed by atoms with Crippen molar-refractivity contribution >= 4 is 15.7 Å². The maximum absolute atomic E-state index is 12.6. The average molecular weight is 368 g/mol. The summed E-state index contributed by atoms with van der Waals surface area (Å²) < 4.78 is 33.0. The van der Waals surface area contributed by atoms with Crippen molar-refractivity contribution in [2.75, 3.05) is 11.8 Å². The zero-order chi connectivity index (χ0) is 18.7. The van der Waals surface area contributed by atoms with Crippen LogP contribution in [0.2, 0.25) is 0 Å². The van der Waals surface area contributed by atoms with Crippen molar-refractivity contribution in [3.05, 3.63) is 71.9 Å². The molecule has 6 heteroatoms. The van der Waals surface area contributed by atoms with Gasteiger partial charge in [0.25, 0.3) is 10.0 Å². The highest BCUT2D eigenvalue weighted by atomic mass is 32.2. The van der Waals surface area contributed by atoms with Gasteiger partial charge in [-0.25, -0.2) is 8.42 Å². The van der Waals surface area contributed by atoms with Crippen LogP contribution in [0.4, 0.5) is 5.69 Å².